The molecule has 59 heavy (non-hydrogen) atoms. The number of hydrogen-bond acceptors (Lipinski definition) is 9. The number of benzene rings is 5. The first-order valence-corrected chi connectivity index (χ1v) is 19.8. The average molecular weight is 813 g/mol. The number of rotatable bonds is 19. The van der Waals surface area contributed by atoms with Gasteiger partial charge in [0.25, 0.3) is 5.91 Å². The van der Waals surface area contributed by atoms with Crippen LogP contribution in [-0.2, 0) is 61.3 Å². The largest absolute Gasteiger partial charge is 0.374 e. The lowest BCUT2D eigenvalue weighted by molar-refractivity contribution is -0.275. The van der Waals surface area contributed by atoms with Crippen LogP contribution in [0, 0.1) is 0 Å². The molecule has 1 fully saturated rings. The number of nitrogens with one attached hydrogen (secondary N) is 2. The van der Waals surface area contributed by atoms with Crippen molar-refractivity contribution in [1.29, 1.82) is 0 Å². The van der Waals surface area contributed by atoms with E-state index in [2.05, 4.69) is 21.0 Å². The molecule has 302 valence electrons. The van der Waals surface area contributed by atoms with Gasteiger partial charge in [-0.2, -0.15) is 5.10 Å². The summed E-state index contributed by atoms with van der Waals surface area (Å²) in [6.07, 6.45) is -2.37. The number of carbonyl (C=O) groups excluding carboxylic acids is 2. The topological polar surface area (TPSA) is 130 Å². The normalized spacial score (nSPS) is 18.8. The van der Waals surface area contributed by atoms with E-state index in [0.717, 1.165) is 33.4 Å². The van der Waals surface area contributed by atoms with Crippen molar-refractivity contribution in [2.45, 2.75) is 63.4 Å². The molecular formula is C47H45ClN4O7. The van der Waals surface area contributed by atoms with E-state index in [4.69, 9.17) is 35.3 Å². The predicted octanol–water partition coefficient (Wildman–Crippen LogP) is 7.52. The van der Waals surface area contributed by atoms with E-state index in [1.807, 2.05) is 140 Å². The van der Waals surface area contributed by atoms with Gasteiger partial charge in [-0.25, -0.2) is 0 Å². The zero-order chi connectivity index (χ0) is 40.7. The van der Waals surface area contributed by atoms with Crippen LogP contribution in [0.25, 0.3) is 0 Å². The van der Waals surface area contributed by atoms with Gasteiger partial charge in [0, 0.05) is 11.4 Å². The third-order valence-corrected chi connectivity index (χ3v) is 10.2. The predicted molar refractivity (Wildman–Crippen MR) is 222 cm³/mol. The highest BCUT2D eigenvalue weighted by Crippen LogP contribution is 2.40. The number of hydrogen-bond donors (Lipinski definition) is 2. The fraction of sp³-hybridized carbons (Fsp3) is 0.234. The molecule has 2 N–H and O–H groups in total. The molecule has 11 nitrogen and oxygen atoms in total. The van der Waals surface area contributed by atoms with Crippen LogP contribution < -0.4 is 10.9 Å². The van der Waals surface area contributed by atoms with Gasteiger partial charge in [-0.1, -0.05) is 145 Å². The molecule has 5 aromatic carbocycles. The van der Waals surface area contributed by atoms with Crippen LogP contribution in [0.3, 0.4) is 0 Å². The number of halogens is 1. The zero-order valence-corrected chi connectivity index (χ0v) is 33.0. The van der Waals surface area contributed by atoms with Gasteiger partial charge in [0.05, 0.1) is 38.7 Å². The Balaban J connectivity index is 1.23. The van der Waals surface area contributed by atoms with E-state index in [-0.39, 0.29) is 12.3 Å². The van der Waals surface area contributed by atoms with E-state index in [0.29, 0.717) is 50.0 Å². The van der Waals surface area contributed by atoms with Crippen LogP contribution in [0.2, 0.25) is 5.02 Å². The lowest BCUT2D eigenvalue weighted by Gasteiger charge is -2.46. The molecule has 2 heterocycles. The van der Waals surface area contributed by atoms with Gasteiger partial charge in [0.2, 0.25) is 6.41 Å². The highest BCUT2D eigenvalue weighted by atomic mass is 35.5. The molecule has 0 aliphatic carbocycles. The molecular weight excluding hydrogens is 768 g/mol. The molecule has 7 rings (SSSR count). The quantitative estimate of drug-likeness (QED) is 0.0630. The van der Waals surface area contributed by atoms with Gasteiger partial charge < -0.3 is 23.7 Å². The van der Waals surface area contributed by atoms with Crippen LogP contribution >= 0.6 is 11.6 Å². The molecule has 0 spiro atoms. The number of ether oxygens (including phenoxy) is 5. The minimum atomic E-state index is -0.642. The maximum atomic E-state index is 12.3. The van der Waals surface area contributed by atoms with Crippen LogP contribution in [0.5, 0.6) is 0 Å². The number of amides is 2. The lowest BCUT2D eigenvalue weighted by atomic mass is 9.89. The number of nitrogens with zero attached hydrogens (tertiary/aromatic N) is 2. The summed E-state index contributed by atoms with van der Waals surface area (Å²) in [6, 6.07) is 49.0. The van der Waals surface area contributed by atoms with Crippen LogP contribution in [0.1, 0.15) is 55.7 Å². The molecule has 1 saturated heterocycles. The Bertz CT molecular complexity index is 2200. The first kappa shape index (κ1) is 41.4. The number of hydrazine groups is 1. The van der Waals surface area contributed by atoms with Gasteiger partial charge in [0.1, 0.15) is 30.5 Å². The van der Waals surface area contributed by atoms with Crippen molar-refractivity contribution < 1.29 is 33.3 Å². The lowest BCUT2D eigenvalue weighted by Crippen LogP contribution is -2.58. The Hall–Kier alpha value is -5.79. The Morgan fingerprint density at radius 3 is 1.73 bits per heavy atom. The third kappa shape index (κ3) is 11.7. The summed E-state index contributed by atoms with van der Waals surface area (Å²) in [5.74, 6) is -0.593. The Labute approximate surface area is 348 Å². The molecule has 6 aromatic rings. The summed E-state index contributed by atoms with van der Waals surface area (Å²) in [6.45, 7) is 1.55. The molecule has 0 radical (unpaired) electrons. The van der Waals surface area contributed by atoms with Crippen LogP contribution in [0.15, 0.2) is 152 Å². The SMILES string of the molecule is O=CNNC(=O)c1ccc(Cc2cc([C@@H]3O[C@H](COCc4ccccc4)[C@@H](OCc4ccccc4)[C@H](OCc4ccccc4)[C@H]3OCc3ccccc3)ccc2Cl)nn1. The van der Waals surface area contributed by atoms with Crippen molar-refractivity contribution in [3.63, 3.8) is 0 Å². The summed E-state index contributed by atoms with van der Waals surface area (Å²) in [5, 5.41) is 8.83. The minimum absolute atomic E-state index is 0.0445. The fourth-order valence-electron chi connectivity index (χ4n) is 6.89. The van der Waals surface area contributed by atoms with Gasteiger partial charge >= 0.3 is 0 Å². The maximum Gasteiger partial charge on any atom is 0.290 e. The standard InChI is InChI=1S/C47H45ClN4O7/c48-40-23-21-37(25-38(40)26-39-22-24-41(51-50-39)47(54)52-49-32-53)43-45(57-29-35-17-9-3-10-18-35)46(58-30-36-19-11-4-12-20-36)44(56-28-34-15-7-2-8-16-34)42(59-43)31-55-27-33-13-5-1-6-14-33/h1-25,32,42-46H,26-31H2,(H,49,53)(H,52,54)/t42-,43+,44-,45+,46+/m1/s1. The summed E-state index contributed by atoms with van der Waals surface area (Å²) in [5.41, 5.74) is 10.6. The molecule has 5 atom stereocenters. The van der Waals surface area contributed by atoms with E-state index in [9.17, 15) is 9.59 Å². The maximum absolute atomic E-state index is 12.3. The Kier molecular flexibility index (Phi) is 14.9. The van der Waals surface area contributed by atoms with Gasteiger partial charge in [-0.3, -0.25) is 20.4 Å². The Morgan fingerprint density at radius 1 is 0.644 bits per heavy atom. The van der Waals surface area contributed by atoms with Crippen molar-refractivity contribution in [3.8, 4) is 0 Å². The molecule has 0 unspecified atom stereocenters. The van der Waals surface area contributed by atoms with Crippen molar-refractivity contribution in [2.24, 2.45) is 0 Å². The van der Waals surface area contributed by atoms with Gasteiger partial charge in [0.15, 0.2) is 5.69 Å². The monoisotopic (exact) mass is 812 g/mol. The number of carbonyl (C=O) groups is 2. The summed E-state index contributed by atoms with van der Waals surface area (Å²) >= 11 is 6.84. The second-order valence-electron chi connectivity index (χ2n) is 14.0. The molecule has 0 bridgehead atoms. The molecule has 12 heteroatoms. The van der Waals surface area contributed by atoms with E-state index < -0.39 is 36.4 Å². The highest BCUT2D eigenvalue weighted by Gasteiger charge is 2.49. The Morgan fingerprint density at radius 2 is 1.19 bits per heavy atom. The van der Waals surface area contributed by atoms with Crippen molar-refractivity contribution in [3.05, 3.63) is 201 Å². The average Bonchev–Trinajstić information content (AvgIpc) is 3.28. The van der Waals surface area contributed by atoms with Crippen molar-refractivity contribution in [1.82, 2.24) is 21.0 Å². The molecule has 1 aliphatic rings. The summed E-state index contributed by atoms with van der Waals surface area (Å²) in [4.78, 5) is 22.9. The molecule has 1 aliphatic heterocycles. The fourth-order valence-corrected chi connectivity index (χ4v) is 7.08. The van der Waals surface area contributed by atoms with Gasteiger partial charge in [-0.05, 0) is 51.6 Å². The van der Waals surface area contributed by atoms with Crippen molar-refractivity contribution >= 4 is 23.9 Å². The molecule has 2 amide bonds. The first-order chi connectivity index (χ1) is 29.0. The summed E-state index contributed by atoms with van der Waals surface area (Å²) in [7, 11) is 0. The zero-order valence-electron chi connectivity index (χ0n) is 32.3. The van der Waals surface area contributed by atoms with E-state index in [1.54, 1.807) is 6.07 Å². The molecule has 1 aromatic heterocycles. The second-order valence-corrected chi connectivity index (χ2v) is 14.4. The van der Waals surface area contributed by atoms with Gasteiger partial charge in [-0.15, -0.1) is 5.10 Å². The third-order valence-electron chi connectivity index (χ3n) is 9.85. The minimum Gasteiger partial charge on any atom is -0.374 e. The first-order valence-electron chi connectivity index (χ1n) is 19.4. The van der Waals surface area contributed by atoms with E-state index in [1.165, 1.54) is 6.07 Å². The molecule has 0 saturated carbocycles. The smallest absolute Gasteiger partial charge is 0.290 e. The van der Waals surface area contributed by atoms with Crippen molar-refractivity contribution in [2.75, 3.05) is 6.61 Å². The number of aromatic nitrogens is 2. The highest BCUT2D eigenvalue weighted by molar-refractivity contribution is 6.31. The van der Waals surface area contributed by atoms with Crippen LogP contribution in [-0.4, -0.2) is 53.5 Å². The second kappa shape index (κ2) is 21.3. The summed E-state index contributed by atoms with van der Waals surface area (Å²) < 4.78 is 34.2. The van der Waals surface area contributed by atoms with Crippen LogP contribution in [0.4, 0.5) is 0 Å². The van der Waals surface area contributed by atoms with E-state index >= 15 is 0 Å².